The summed E-state index contributed by atoms with van der Waals surface area (Å²) in [5.74, 6) is -0.00178. The lowest BCUT2D eigenvalue weighted by Crippen LogP contribution is -2.41. The number of carbonyl (C=O) groups is 1. The van der Waals surface area contributed by atoms with Gasteiger partial charge in [-0.1, -0.05) is 0 Å². The molecule has 1 amide bonds. The predicted molar refractivity (Wildman–Crippen MR) is 67.6 cm³/mol. The number of carbonyl (C=O) groups excluding carboxylic acids is 1. The first-order valence-corrected chi connectivity index (χ1v) is 6.89. The molecule has 5 heteroatoms. The minimum absolute atomic E-state index is 0.00178. The van der Waals surface area contributed by atoms with Crippen molar-refractivity contribution in [1.82, 2.24) is 5.32 Å². The number of nitrogens with one attached hydrogen (secondary N) is 1. The van der Waals surface area contributed by atoms with Crippen LogP contribution in [0.15, 0.2) is 0 Å². The Balaban J connectivity index is 2.31. The van der Waals surface area contributed by atoms with Crippen LogP contribution in [0.4, 0.5) is 0 Å². The van der Waals surface area contributed by atoms with E-state index < -0.39 is 0 Å². The zero-order valence-corrected chi connectivity index (χ0v) is 11.1. The number of amides is 1. The van der Waals surface area contributed by atoms with Crippen molar-refractivity contribution in [3.8, 4) is 0 Å². The van der Waals surface area contributed by atoms with Crippen molar-refractivity contribution in [1.29, 1.82) is 0 Å². The molecule has 1 heterocycles. The van der Waals surface area contributed by atoms with Gasteiger partial charge in [0, 0.05) is 17.8 Å². The van der Waals surface area contributed by atoms with Crippen LogP contribution in [0.1, 0.15) is 26.7 Å². The van der Waals surface area contributed by atoms with Gasteiger partial charge in [-0.25, -0.2) is 0 Å². The highest BCUT2D eigenvalue weighted by atomic mass is 32.2. The Hall–Kier alpha value is -0.260. The first kappa shape index (κ1) is 13.8. The number of hydrogen-bond acceptors (Lipinski definition) is 4. The molecule has 1 rings (SSSR count). The molecule has 2 atom stereocenters. The number of nitrogens with two attached hydrogens (primary N) is 1. The van der Waals surface area contributed by atoms with Crippen LogP contribution >= 0.6 is 11.8 Å². The van der Waals surface area contributed by atoms with E-state index in [0.29, 0.717) is 13.1 Å². The smallest absolute Gasteiger partial charge is 0.249 e. The van der Waals surface area contributed by atoms with Crippen LogP contribution in [-0.4, -0.2) is 42.2 Å². The molecule has 94 valence electrons. The second-order valence-corrected chi connectivity index (χ2v) is 6.25. The van der Waals surface area contributed by atoms with Crippen LogP contribution in [-0.2, 0) is 9.53 Å². The number of thioether (sulfide) groups is 1. The lowest BCUT2D eigenvalue weighted by molar-refractivity contribution is -0.131. The van der Waals surface area contributed by atoms with Gasteiger partial charge < -0.3 is 15.8 Å². The lowest BCUT2D eigenvalue weighted by atomic mass is 10.1. The quantitative estimate of drug-likeness (QED) is 0.751. The molecule has 2 unspecified atom stereocenters. The Kier molecular flexibility index (Phi) is 5.08. The minimum Gasteiger partial charge on any atom is -0.364 e. The normalized spacial score (nSPS) is 25.8. The maximum absolute atomic E-state index is 11.8. The van der Waals surface area contributed by atoms with E-state index >= 15 is 0 Å². The van der Waals surface area contributed by atoms with Gasteiger partial charge in [0.25, 0.3) is 0 Å². The molecule has 0 aliphatic carbocycles. The Bertz CT molecular complexity index is 246. The largest absolute Gasteiger partial charge is 0.364 e. The molecular formula is C11H22N2O2S. The van der Waals surface area contributed by atoms with Crippen LogP contribution in [0.25, 0.3) is 0 Å². The first-order valence-electron chi connectivity index (χ1n) is 5.67. The molecule has 0 saturated carbocycles. The molecule has 1 aliphatic heterocycles. The summed E-state index contributed by atoms with van der Waals surface area (Å²) in [5.41, 5.74) is 5.50. The molecule has 0 bridgehead atoms. The van der Waals surface area contributed by atoms with Crippen molar-refractivity contribution in [2.75, 3.05) is 19.3 Å². The summed E-state index contributed by atoms with van der Waals surface area (Å²) >= 11 is 1.74. The number of hydrogen-bond donors (Lipinski definition) is 2. The number of ether oxygens (including phenoxy) is 1. The van der Waals surface area contributed by atoms with Gasteiger partial charge in [0.15, 0.2) is 0 Å². The van der Waals surface area contributed by atoms with E-state index in [1.54, 1.807) is 11.8 Å². The molecule has 3 N–H and O–H groups in total. The number of rotatable bonds is 5. The van der Waals surface area contributed by atoms with E-state index in [1.165, 1.54) is 0 Å². The fourth-order valence-corrected chi connectivity index (χ4v) is 1.77. The molecule has 16 heavy (non-hydrogen) atoms. The van der Waals surface area contributed by atoms with E-state index in [1.807, 2.05) is 6.26 Å². The zero-order valence-electron chi connectivity index (χ0n) is 10.3. The van der Waals surface area contributed by atoms with Gasteiger partial charge >= 0.3 is 0 Å². The summed E-state index contributed by atoms with van der Waals surface area (Å²) in [6.07, 6.45) is 3.48. The second-order valence-electron chi connectivity index (χ2n) is 4.74. The topological polar surface area (TPSA) is 64.4 Å². The molecule has 0 aromatic heterocycles. The van der Waals surface area contributed by atoms with Crippen molar-refractivity contribution in [3.63, 3.8) is 0 Å². The van der Waals surface area contributed by atoms with Crippen molar-refractivity contribution in [2.24, 2.45) is 5.73 Å². The van der Waals surface area contributed by atoms with Gasteiger partial charge in [-0.3, -0.25) is 4.79 Å². The van der Waals surface area contributed by atoms with E-state index in [2.05, 4.69) is 19.2 Å². The summed E-state index contributed by atoms with van der Waals surface area (Å²) < 4.78 is 5.60. The standard InChI is InChI=1S/C11H22N2O2S/c1-11(2,16-3)7-13-10(14)9-5-4-8(6-12)15-9/h8-9H,4-7,12H2,1-3H3,(H,13,14). The first-order chi connectivity index (χ1) is 7.48. The van der Waals surface area contributed by atoms with Gasteiger partial charge in [-0.05, 0) is 32.9 Å². The fraction of sp³-hybridized carbons (Fsp3) is 0.909. The average Bonchev–Trinajstić information content (AvgIpc) is 2.74. The van der Waals surface area contributed by atoms with Gasteiger partial charge in [0.2, 0.25) is 5.91 Å². The third-order valence-electron chi connectivity index (χ3n) is 2.90. The van der Waals surface area contributed by atoms with Gasteiger partial charge in [-0.2, -0.15) is 11.8 Å². The third-order valence-corrected chi connectivity index (χ3v) is 4.15. The van der Waals surface area contributed by atoms with E-state index in [-0.39, 0.29) is 22.9 Å². The highest BCUT2D eigenvalue weighted by Crippen LogP contribution is 2.21. The summed E-state index contributed by atoms with van der Waals surface area (Å²) in [6, 6.07) is 0. The summed E-state index contributed by atoms with van der Waals surface area (Å²) in [4.78, 5) is 11.8. The minimum atomic E-state index is -0.300. The fourth-order valence-electron chi connectivity index (χ4n) is 1.56. The summed E-state index contributed by atoms with van der Waals surface area (Å²) in [7, 11) is 0. The predicted octanol–water partition coefficient (Wildman–Crippen LogP) is 0.750. The van der Waals surface area contributed by atoms with E-state index in [0.717, 1.165) is 12.8 Å². The lowest BCUT2D eigenvalue weighted by Gasteiger charge is -2.23. The van der Waals surface area contributed by atoms with Gasteiger partial charge in [-0.15, -0.1) is 0 Å². The molecule has 1 saturated heterocycles. The molecule has 0 spiro atoms. The van der Waals surface area contributed by atoms with Crippen molar-refractivity contribution < 1.29 is 9.53 Å². The molecule has 0 aromatic carbocycles. The van der Waals surface area contributed by atoms with E-state index in [9.17, 15) is 4.79 Å². The summed E-state index contributed by atoms with van der Waals surface area (Å²) in [5, 5.41) is 2.93. The van der Waals surface area contributed by atoms with Crippen LogP contribution in [0.5, 0.6) is 0 Å². The molecule has 0 radical (unpaired) electrons. The molecular weight excluding hydrogens is 224 g/mol. The van der Waals surface area contributed by atoms with Gasteiger partial charge in [0.05, 0.1) is 6.10 Å². The van der Waals surface area contributed by atoms with Crippen LogP contribution < -0.4 is 11.1 Å². The van der Waals surface area contributed by atoms with Crippen molar-refractivity contribution in [2.45, 2.75) is 43.6 Å². The highest BCUT2D eigenvalue weighted by Gasteiger charge is 2.30. The van der Waals surface area contributed by atoms with Gasteiger partial charge in [0.1, 0.15) is 6.10 Å². The molecule has 1 aliphatic rings. The Morgan fingerprint density at radius 1 is 1.56 bits per heavy atom. The third kappa shape index (κ3) is 3.96. The Morgan fingerprint density at radius 3 is 2.75 bits per heavy atom. The molecule has 0 aromatic rings. The Morgan fingerprint density at radius 2 is 2.25 bits per heavy atom. The maximum Gasteiger partial charge on any atom is 0.249 e. The van der Waals surface area contributed by atoms with Crippen molar-refractivity contribution in [3.05, 3.63) is 0 Å². The van der Waals surface area contributed by atoms with Crippen LogP contribution in [0.3, 0.4) is 0 Å². The monoisotopic (exact) mass is 246 g/mol. The van der Waals surface area contributed by atoms with E-state index in [4.69, 9.17) is 10.5 Å². The SMILES string of the molecule is CSC(C)(C)CNC(=O)C1CCC(CN)O1. The molecule has 4 nitrogen and oxygen atoms in total. The van der Waals surface area contributed by atoms with Crippen LogP contribution in [0.2, 0.25) is 0 Å². The van der Waals surface area contributed by atoms with Crippen LogP contribution in [0, 0.1) is 0 Å². The molecule has 1 fully saturated rings. The summed E-state index contributed by atoms with van der Waals surface area (Å²) in [6.45, 7) is 5.38. The Labute approximate surface area is 102 Å². The zero-order chi connectivity index (χ0) is 12.2. The van der Waals surface area contributed by atoms with Crippen molar-refractivity contribution >= 4 is 17.7 Å². The highest BCUT2D eigenvalue weighted by molar-refractivity contribution is 7.99. The maximum atomic E-state index is 11.8. The second kappa shape index (κ2) is 5.89. The average molecular weight is 246 g/mol.